The molecule has 0 saturated carbocycles. The molecule has 0 unspecified atom stereocenters. The Balaban J connectivity index is 1.69. The molecule has 0 bridgehead atoms. The molecule has 1 amide bonds. The third-order valence-electron chi connectivity index (χ3n) is 4.21. The monoisotopic (exact) mass is 438 g/mol. The summed E-state index contributed by atoms with van der Waals surface area (Å²) in [6.07, 6.45) is 0. The minimum atomic E-state index is -0.828. The number of Topliss-reactive ketones (excluding diaryl/α,β-unsaturated/α-hetero) is 1. The fourth-order valence-corrected chi connectivity index (χ4v) is 2.78. The summed E-state index contributed by atoms with van der Waals surface area (Å²) in [5.74, 6) is -1.88. The first kappa shape index (κ1) is 21.7. The minimum absolute atomic E-state index is 0.0475. The molecular weight excluding hydrogens is 424 g/mol. The number of nitro groups is 1. The maximum atomic E-state index is 12.5. The van der Waals surface area contributed by atoms with Crippen LogP contribution in [0.2, 0.25) is 5.02 Å². The molecule has 156 valence electrons. The lowest BCUT2D eigenvalue weighted by atomic mass is 10.1. The van der Waals surface area contributed by atoms with Gasteiger partial charge in [-0.25, -0.2) is 4.79 Å². The fourth-order valence-electron chi connectivity index (χ4n) is 2.65. The zero-order valence-electron chi connectivity index (χ0n) is 15.9. The Kier molecular flexibility index (Phi) is 6.74. The molecule has 0 aliphatic heterocycles. The van der Waals surface area contributed by atoms with E-state index in [4.69, 9.17) is 16.3 Å². The van der Waals surface area contributed by atoms with E-state index in [9.17, 15) is 24.5 Å². The number of rotatable bonds is 7. The summed E-state index contributed by atoms with van der Waals surface area (Å²) in [7, 11) is 0. The summed E-state index contributed by atoms with van der Waals surface area (Å²) in [6, 6.07) is 17.5. The summed E-state index contributed by atoms with van der Waals surface area (Å²) in [5, 5.41) is 13.9. The van der Waals surface area contributed by atoms with E-state index >= 15 is 0 Å². The zero-order valence-corrected chi connectivity index (χ0v) is 16.7. The van der Waals surface area contributed by atoms with Gasteiger partial charge in [-0.05, 0) is 36.4 Å². The Morgan fingerprint density at radius 3 is 2.35 bits per heavy atom. The van der Waals surface area contributed by atoms with Crippen LogP contribution in [0.25, 0.3) is 0 Å². The van der Waals surface area contributed by atoms with Gasteiger partial charge in [0.15, 0.2) is 6.61 Å². The van der Waals surface area contributed by atoms with Gasteiger partial charge >= 0.3 is 5.97 Å². The Hall–Kier alpha value is -4.04. The number of nitro benzene ring substituents is 1. The molecule has 0 aliphatic carbocycles. The first-order valence-electron chi connectivity index (χ1n) is 8.96. The first-order chi connectivity index (χ1) is 14.8. The SMILES string of the molecule is O=C(COC(=O)c1ccccc1NC(=O)c1ccc(Cl)cc1)c1cccc([N+](=O)[O-])c1. The molecule has 0 atom stereocenters. The summed E-state index contributed by atoms with van der Waals surface area (Å²) in [6.45, 7) is -0.612. The highest BCUT2D eigenvalue weighted by Crippen LogP contribution is 2.19. The van der Waals surface area contributed by atoms with Crippen LogP contribution < -0.4 is 5.32 Å². The molecule has 0 heterocycles. The van der Waals surface area contributed by atoms with Crippen LogP contribution in [-0.2, 0) is 4.74 Å². The highest BCUT2D eigenvalue weighted by Gasteiger charge is 2.18. The quantitative estimate of drug-likeness (QED) is 0.250. The maximum Gasteiger partial charge on any atom is 0.340 e. The van der Waals surface area contributed by atoms with Crippen LogP contribution in [0.5, 0.6) is 0 Å². The van der Waals surface area contributed by atoms with Crippen molar-refractivity contribution in [3.63, 3.8) is 0 Å². The number of ketones is 1. The number of anilines is 1. The summed E-state index contributed by atoms with van der Waals surface area (Å²) >= 11 is 5.82. The van der Waals surface area contributed by atoms with Crippen LogP contribution >= 0.6 is 11.6 Å². The third kappa shape index (κ3) is 5.52. The molecule has 1 N–H and O–H groups in total. The number of non-ortho nitro benzene ring substituents is 1. The van der Waals surface area contributed by atoms with E-state index in [0.29, 0.717) is 10.6 Å². The third-order valence-corrected chi connectivity index (χ3v) is 4.47. The number of para-hydroxylation sites is 1. The lowest BCUT2D eigenvalue weighted by Crippen LogP contribution is -2.18. The number of nitrogens with zero attached hydrogens (tertiary/aromatic N) is 1. The second-order valence-corrected chi connectivity index (χ2v) is 6.75. The average Bonchev–Trinajstić information content (AvgIpc) is 2.78. The largest absolute Gasteiger partial charge is 0.454 e. The van der Waals surface area contributed by atoms with E-state index in [1.165, 1.54) is 42.5 Å². The maximum absolute atomic E-state index is 12.5. The van der Waals surface area contributed by atoms with E-state index in [1.54, 1.807) is 24.3 Å². The van der Waals surface area contributed by atoms with E-state index < -0.39 is 29.2 Å². The minimum Gasteiger partial charge on any atom is -0.454 e. The first-order valence-corrected chi connectivity index (χ1v) is 9.33. The molecule has 0 radical (unpaired) electrons. The van der Waals surface area contributed by atoms with Gasteiger partial charge in [-0.3, -0.25) is 19.7 Å². The number of hydrogen-bond donors (Lipinski definition) is 1. The molecule has 0 spiro atoms. The van der Waals surface area contributed by atoms with Crippen molar-refractivity contribution in [2.24, 2.45) is 0 Å². The van der Waals surface area contributed by atoms with Gasteiger partial charge in [0.25, 0.3) is 11.6 Å². The molecule has 0 fully saturated rings. The Bertz CT molecular complexity index is 1160. The van der Waals surface area contributed by atoms with Gasteiger partial charge in [-0.15, -0.1) is 0 Å². The molecule has 3 aromatic rings. The Morgan fingerprint density at radius 1 is 0.935 bits per heavy atom. The number of benzene rings is 3. The number of carbonyl (C=O) groups is 3. The number of hydrogen-bond acceptors (Lipinski definition) is 6. The van der Waals surface area contributed by atoms with Crippen molar-refractivity contribution in [2.75, 3.05) is 11.9 Å². The normalized spacial score (nSPS) is 10.2. The smallest absolute Gasteiger partial charge is 0.340 e. The van der Waals surface area contributed by atoms with Crippen LogP contribution in [0.4, 0.5) is 11.4 Å². The summed E-state index contributed by atoms with van der Waals surface area (Å²) in [4.78, 5) is 47.4. The second kappa shape index (κ2) is 9.64. The number of esters is 1. The lowest BCUT2D eigenvalue weighted by molar-refractivity contribution is -0.384. The second-order valence-electron chi connectivity index (χ2n) is 6.31. The van der Waals surface area contributed by atoms with Gasteiger partial charge in [0.2, 0.25) is 5.78 Å². The molecule has 8 nitrogen and oxygen atoms in total. The number of ether oxygens (including phenoxy) is 1. The van der Waals surface area contributed by atoms with Gasteiger partial charge < -0.3 is 10.1 Å². The van der Waals surface area contributed by atoms with E-state index in [1.807, 2.05) is 0 Å². The molecule has 0 aliphatic rings. The van der Waals surface area contributed by atoms with Crippen LogP contribution in [0.15, 0.2) is 72.8 Å². The fraction of sp³-hybridized carbons (Fsp3) is 0.0455. The standard InChI is InChI=1S/C22H15ClN2O6/c23-16-10-8-14(9-11-16)21(27)24-19-7-2-1-6-18(19)22(28)31-13-20(26)15-4-3-5-17(12-15)25(29)30/h1-12H,13H2,(H,24,27). The van der Waals surface area contributed by atoms with Gasteiger partial charge in [-0.1, -0.05) is 35.9 Å². The van der Waals surface area contributed by atoms with Crippen molar-refractivity contribution < 1.29 is 24.0 Å². The number of amides is 1. The van der Waals surface area contributed by atoms with Crippen molar-refractivity contribution in [2.45, 2.75) is 0 Å². The van der Waals surface area contributed by atoms with Crippen LogP contribution in [-0.4, -0.2) is 29.2 Å². The van der Waals surface area contributed by atoms with Crippen molar-refractivity contribution in [1.29, 1.82) is 0 Å². The highest BCUT2D eigenvalue weighted by atomic mass is 35.5. The van der Waals surface area contributed by atoms with Crippen molar-refractivity contribution >= 4 is 40.6 Å². The van der Waals surface area contributed by atoms with Crippen LogP contribution in [0.1, 0.15) is 31.1 Å². The van der Waals surface area contributed by atoms with Crippen LogP contribution in [0, 0.1) is 10.1 Å². The summed E-state index contributed by atoms with van der Waals surface area (Å²) < 4.78 is 5.06. The summed E-state index contributed by atoms with van der Waals surface area (Å²) in [5.41, 5.74) is 0.402. The topological polar surface area (TPSA) is 116 Å². The van der Waals surface area contributed by atoms with Crippen molar-refractivity contribution in [3.05, 3.63) is 105 Å². The molecule has 3 aromatic carbocycles. The zero-order chi connectivity index (χ0) is 22.4. The van der Waals surface area contributed by atoms with E-state index in [-0.39, 0.29) is 22.5 Å². The number of nitrogens with one attached hydrogen (secondary N) is 1. The van der Waals surface area contributed by atoms with Gasteiger partial charge in [-0.2, -0.15) is 0 Å². The predicted molar refractivity (Wildman–Crippen MR) is 114 cm³/mol. The van der Waals surface area contributed by atoms with Gasteiger partial charge in [0, 0.05) is 28.3 Å². The van der Waals surface area contributed by atoms with Gasteiger partial charge in [0.1, 0.15) is 0 Å². The molecule has 31 heavy (non-hydrogen) atoms. The average molecular weight is 439 g/mol. The highest BCUT2D eigenvalue weighted by molar-refractivity contribution is 6.30. The predicted octanol–water partition coefficient (Wildman–Crippen LogP) is 4.54. The number of halogens is 1. The Morgan fingerprint density at radius 2 is 1.65 bits per heavy atom. The molecule has 0 saturated heterocycles. The van der Waals surface area contributed by atoms with Gasteiger partial charge in [0.05, 0.1) is 16.2 Å². The molecule has 3 rings (SSSR count). The number of carbonyl (C=O) groups excluding carboxylic acids is 3. The van der Waals surface area contributed by atoms with E-state index in [0.717, 1.165) is 6.07 Å². The van der Waals surface area contributed by atoms with E-state index in [2.05, 4.69) is 5.32 Å². The van der Waals surface area contributed by atoms with Crippen LogP contribution in [0.3, 0.4) is 0 Å². The Labute approximate surface area is 181 Å². The lowest BCUT2D eigenvalue weighted by Gasteiger charge is -2.11. The molecular formula is C22H15ClN2O6. The van der Waals surface area contributed by atoms with Crippen molar-refractivity contribution in [1.82, 2.24) is 0 Å². The molecule has 9 heteroatoms. The van der Waals surface area contributed by atoms with Crippen molar-refractivity contribution in [3.8, 4) is 0 Å². The molecule has 0 aromatic heterocycles.